The third kappa shape index (κ3) is 3.19. The van der Waals surface area contributed by atoms with E-state index in [0.717, 1.165) is 25.3 Å². The molecule has 0 bridgehead atoms. The summed E-state index contributed by atoms with van der Waals surface area (Å²) in [6.07, 6.45) is 4.39. The van der Waals surface area contributed by atoms with Crippen molar-refractivity contribution in [2.75, 3.05) is 33.8 Å². The first-order chi connectivity index (χ1) is 8.20. The first kappa shape index (κ1) is 12.8. The van der Waals surface area contributed by atoms with Crippen molar-refractivity contribution in [3.05, 3.63) is 0 Å². The second-order valence-corrected chi connectivity index (χ2v) is 5.45. The van der Waals surface area contributed by atoms with Gasteiger partial charge in [-0.15, -0.1) is 0 Å². The number of carbonyl (C=O) groups is 1. The van der Waals surface area contributed by atoms with Crippen LogP contribution in [0.3, 0.4) is 0 Å². The van der Waals surface area contributed by atoms with E-state index in [-0.39, 0.29) is 11.9 Å². The maximum Gasteiger partial charge on any atom is 0.308 e. The number of carbonyl (C=O) groups excluding carboxylic acids is 1. The highest BCUT2D eigenvalue weighted by atomic mass is 16.5. The van der Waals surface area contributed by atoms with E-state index in [1.165, 1.54) is 33.0 Å². The lowest BCUT2D eigenvalue weighted by atomic mass is 9.81. The second-order valence-electron chi connectivity index (χ2n) is 5.45. The number of esters is 1. The Hall–Kier alpha value is -0.610. The zero-order valence-corrected chi connectivity index (χ0v) is 10.9. The maximum absolute atomic E-state index is 11.6. The van der Waals surface area contributed by atoms with Gasteiger partial charge in [0, 0.05) is 6.04 Å². The third-order valence-corrected chi connectivity index (χ3v) is 4.30. The number of hydrogen-bond donors (Lipinski definition) is 1. The first-order valence-corrected chi connectivity index (χ1v) is 6.70. The molecule has 4 nitrogen and oxygen atoms in total. The van der Waals surface area contributed by atoms with Crippen LogP contribution in [0.2, 0.25) is 0 Å². The highest BCUT2D eigenvalue weighted by molar-refractivity contribution is 5.72. The van der Waals surface area contributed by atoms with Gasteiger partial charge in [-0.05, 0) is 58.3 Å². The lowest BCUT2D eigenvalue weighted by Gasteiger charge is -2.38. The average Bonchev–Trinajstić information content (AvgIpc) is 2.39. The van der Waals surface area contributed by atoms with Crippen LogP contribution >= 0.6 is 0 Å². The highest BCUT2D eigenvalue weighted by Crippen LogP contribution is 2.28. The standard InChI is InChI=1S/C13H24N2O2/c1-15-7-4-10(5-8-15)12-9-11(3-6-14-12)13(16)17-2/h10-12,14H,3-9H2,1-2H3. The van der Waals surface area contributed by atoms with Gasteiger partial charge in [0.1, 0.15) is 0 Å². The summed E-state index contributed by atoms with van der Waals surface area (Å²) in [5.74, 6) is 0.828. The number of rotatable bonds is 2. The van der Waals surface area contributed by atoms with Crippen LogP contribution < -0.4 is 5.32 Å². The lowest BCUT2D eigenvalue weighted by molar-refractivity contribution is -0.146. The van der Waals surface area contributed by atoms with Gasteiger partial charge in [-0.2, -0.15) is 0 Å². The van der Waals surface area contributed by atoms with Crippen LogP contribution in [-0.4, -0.2) is 50.7 Å². The molecule has 17 heavy (non-hydrogen) atoms. The normalized spacial score (nSPS) is 32.4. The lowest BCUT2D eigenvalue weighted by Crippen LogP contribution is -2.48. The van der Waals surface area contributed by atoms with Gasteiger partial charge in [-0.1, -0.05) is 0 Å². The molecule has 1 N–H and O–H groups in total. The van der Waals surface area contributed by atoms with Gasteiger partial charge in [-0.25, -0.2) is 0 Å². The smallest absolute Gasteiger partial charge is 0.308 e. The Morgan fingerprint density at radius 1 is 1.29 bits per heavy atom. The van der Waals surface area contributed by atoms with Crippen molar-refractivity contribution in [2.45, 2.75) is 31.7 Å². The van der Waals surface area contributed by atoms with E-state index in [4.69, 9.17) is 4.74 Å². The molecule has 2 rings (SSSR count). The zero-order valence-electron chi connectivity index (χ0n) is 10.9. The topological polar surface area (TPSA) is 41.6 Å². The molecule has 0 aromatic rings. The van der Waals surface area contributed by atoms with Crippen molar-refractivity contribution in [1.29, 1.82) is 0 Å². The van der Waals surface area contributed by atoms with Crippen molar-refractivity contribution < 1.29 is 9.53 Å². The predicted molar refractivity (Wildman–Crippen MR) is 66.8 cm³/mol. The minimum Gasteiger partial charge on any atom is -0.469 e. The van der Waals surface area contributed by atoms with Crippen LogP contribution in [0, 0.1) is 11.8 Å². The van der Waals surface area contributed by atoms with Gasteiger partial charge in [0.15, 0.2) is 0 Å². The minimum atomic E-state index is -0.0237. The van der Waals surface area contributed by atoms with Crippen LogP contribution in [0.15, 0.2) is 0 Å². The fourth-order valence-electron chi connectivity index (χ4n) is 3.12. The van der Waals surface area contributed by atoms with Crippen LogP contribution in [0.5, 0.6) is 0 Å². The number of nitrogens with zero attached hydrogens (tertiary/aromatic N) is 1. The Kier molecular flexibility index (Phi) is 4.40. The molecular weight excluding hydrogens is 216 g/mol. The largest absolute Gasteiger partial charge is 0.469 e. The number of nitrogens with one attached hydrogen (secondary N) is 1. The molecule has 2 atom stereocenters. The Morgan fingerprint density at radius 3 is 2.65 bits per heavy atom. The van der Waals surface area contributed by atoms with E-state index in [0.29, 0.717) is 6.04 Å². The molecule has 4 heteroatoms. The van der Waals surface area contributed by atoms with Gasteiger partial charge in [0.2, 0.25) is 0 Å². The number of likely N-dealkylation sites (tertiary alicyclic amines) is 1. The molecule has 0 radical (unpaired) electrons. The minimum absolute atomic E-state index is 0.0237. The number of hydrogen-bond acceptors (Lipinski definition) is 4. The molecule has 2 heterocycles. The summed E-state index contributed by atoms with van der Waals surface area (Å²) in [5.41, 5.74) is 0. The molecule has 0 amide bonds. The molecule has 2 unspecified atom stereocenters. The van der Waals surface area contributed by atoms with E-state index >= 15 is 0 Å². The summed E-state index contributed by atoms with van der Waals surface area (Å²) < 4.78 is 4.87. The molecule has 0 aliphatic carbocycles. The predicted octanol–water partition coefficient (Wildman–Crippen LogP) is 0.869. The summed E-state index contributed by atoms with van der Waals surface area (Å²) in [6, 6.07) is 0.515. The molecular formula is C13H24N2O2. The Labute approximate surface area is 104 Å². The van der Waals surface area contributed by atoms with E-state index in [2.05, 4.69) is 17.3 Å². The number of piperidine rings is 2. The molecule has 0 aromatic heterocycles. The summed E-state index contributed by atoms with van der Waals surface area (Å²) in [7, 11) is 3.68. The summed E-state index contributed by atoms with van der Waals surface area (Å²) in [4.78, 5) is 14.0. The molecule has 0 aromatic carbocycles. The fraction of sp³-hybridized carbons (Fsp3) is 0.923. The summed E-state index contributed by atoms with van der Waals surface area (Å²) >= 11 is 0. The van der Waals surface area contributed by atoms with E-state index in [1.807, 2.05) is 0 Å². The second kappa shape index (κ2) is 5.83. The van der Waals surface area contributed by atoms with Gasteiger partial charge in [-0.3, -0.25) is 4.79 Å². The molecule has 2 fully saturated rings. The Balaban J connectivity index is 1.86. The highest BCUT2D eigenvalue weighted by Gasteiger charge is 2.33. The van der Waals surface area contributed by atoms with Crippen molar-refractivity contribution in [3.8, 4) is 0 Å². The Bertz CT molecular complexity index is 262. The first-order valence-electron chi connectivity index (χ1n) is 6.70. The number of methoxy groups -OCH3 is 1. The quantitative estimate of drug-likeness (QED) is 0.727. The molecule has 0 spiro atoms. The van der Waals surface area contributed by atoms with Crippen LogP contribution in [0.25, 0.3) is 0 Å². The molecule has 0 saturated carbocycles. The Morgan fingerprint density at radius 2 is 2.00 bits per heavy atom. The molecule has 2 saturated heterocycles. The van der Waals surface area contributed by atoms with Gasteiger partial charge in [0.25, 0.3) is 0 Å². The summed E-state index contributed by atoms with van der Waals surface area (Å²) in [6.45, 7) is 3.33. The van der Waals surface area contributed by atoms with E-state index in [9.17, 15) is 4.79 Å². The molecule has 2 aliphatic heterocycles. The van der Waals surface area contributed by atoms with Crippen LogP contribution in [0.4, 0.5) is 0 Å². The van der Waals surface area contributed by atoms with Gasteiger partial charge in [0.05, 0.1) is 13.0 Å². The monoisotopic (exact) mass is 240 g/mol. The van der Waals surface area contributed by atoms with E-state index < -0.39 is 0 Å². The third-order valence-electron chi connectivity index (χ3n) is 4.30. The molecule has 98 valence electrons. The summed E-state index contributed by atoms with van der Waals surface area (Å²) in [5, 5.41) is 3.59. The fourth-order valence-corrected chi connectivity index (χ4v) is 3.12. The van der Waals surface area contributed by atoms with Gasteiger partial charge >= 0.3 is 5.97 Å². The van der Waals surface area contributed by atoms with Crippen molar-refractivity contribution in [1.82, 2.24) is 10.2 Å². The zero-order chi connectivity index (χ0) is 12.3. The number of ether oxygens (including phenoxy) is 1. The SMILES string of the molecule is COC(=O)C1CCNC(C2CCN(C)CC2)C1. The average molecular weight is 240 g/mol. The maximum atomic E-state index is 11.6. The van der Waals surface area contributed by atoms with E-state index in [1.54, 1.807) is 0 Å². The van der Waals surface area contributed by atoms with Crippen molar-refractivity contribution in [2.24, 2.45) is 11.8 Å². The van der Waals surface area contributed by atoms with Crippen molar-refractivity contribution in [3.63, 3.8) is 0 Å². The van der Waals surface area contributed by atoms with Crippen LogP contribution in [0.1, 0.15) is 25.7 Å². The molecule has 2 aliphatic rings. The van der Waals surface area contributed by atoms with Gasteiger partial charge < -0.3 is 15.0 Å². The van der Waals surface area contributed by atoms with Crippen LogP contribution in [-0.2, 0) is 9.53 Å². The van der Waals surface area contributed by atoms with Crippen molar-refractivity contribution >= 4 is 5.97 Å².